The fourth-order valence-corrected chi connectivity index (χ4v) is 2.06. The van der Waals surface area contributed by atoms with Gasteiger partial charge in [0.25, 0.3) is 0 Å². The minimum Gasteiger partial charge on any atom is -0.478 e. The number of hydrogen-bond donors (Lipinski definition) is 2. The molecule has 0 amide bonds. The van der Waals surface area contributed by atoms with Gasteiger partial charge in [-0.1, -0.05) is 32.0 Å². The first-order valence-corrected chi connectivity index (χ1v) is 6.99. The number of anilines is 1. The number of hydrogen-bond acceptors (Lipinski definition) is 4. The van der Waals surface area contributed by atoms with Crippen LogP contribution in [0.4, 0.5) is 5.95 Å². The van der Waals surface area contributed by atoms with Crippen molar-refractivity contribution in [3.63, 3.8) is 0 Å². The van der Waals surface area contributed by atoms with Crippen LogP contribution < -0.4 is 5.73 Å². The average molecular weight is 295 g/mol. The molecule has 1 aromatic heterocycles. The Morgan fingerprint density at radius 1 is 1.09 bits per heavy atom. The third kappa shape index (κ3) is 3.20. The molecule has 0 aliphatic heterocycles. The van der Waals surface area contributed by atoms with E-state index in [1.807, 2.05) is 38.1 Å². The molecule has 0 radical (unpaired) electrons. The first-order chi connectivity index (χ1) is 10.6. The second-order valence-electron chi connectivity index (χ2n) is 4.39. The first kappa shape index (κ1) is 15.4. The van der Waals surface area contributed by atoms with Gasteiger partial charge in [0.15, 0.2) is 0 Å². The molecule has 0 aliphatic carbocycles. The maximum absolute atomic E-state index is 11.0. The molecule has 0 aliphatic rings. The monoisotopic (exact) mass is 295 g/mol. The van der Waals surface area contributed by atoms with Crippen LogP contribution >= 0.6 is 0 Å². The maximum atomic E-state index is 11.0. The van der Waals surface area contributed by atoms with Crippen LogP contribution in [-0.2, 0) is 0 Å². The van der Waals surface area contributed by atoms with Crippen LogP contribution in [-0.4, -0.2) is 21.0 Å². The molecular weight excluding hydrogens is 278 g/mol. The molecule has 0 bridgehead atoms. The average Bonchev–Trinajstić information content (AvgIpc) is 2.56. The maximum Gasteiger partial charge on any atom is 0.335 e. The lowest BCUT2D eigenvalue weighted by Crippen LogP contribution is -1.96. The van der Waals surface area contributed by atoms with Crippen molar-refractivity contribution in [3.8, 4) is 11.1 Å². The van der Waals surface area contributed by atoms with Gasteiger partial charge in [0.1, 0.15) is 0 Å². The van der Waals surface area contributed by atoms with E-state index < -0.39 is 5.97 Å². The van der Waals surface area contributed by atoms with Crippen LogP contribution in [0.3, 0.4) is 0 Å². The molecule has 2 aromatic carbocycles. The van der Waals surface area contributed by atoms with E-state index in [0.29, 0.717) is 0 Å². The highest BCUT2D eigenvalue weighted by Crippen LogP contribution is 2.24. The normalized spacial score (nSPS) is 9.91. The topological polar surface area (TPSA) is 89.1 Å². The molecule has 1 heterocycles. The van der Waals surface area contributed by atoms with Gasteiger partial charge in [-0.25, -0.2) is 14.8 Å². The van der Waals surface area contributed by atoms with Crippen LogP contribution in [0.25, 0.3) is 22.0 Å². The van der Waals surface area contributed by atoms with E-state index in [1.165, 1.54) is 0 Å². The van der Waals surface area contributed by atoms with Gasteiger partial charge < -0.3 is 10.8 Å². The number of carboxylic acids is 1. The Labute approximate surface area is 128 Å². The van der Waals surface area contributed by atoms with Crippen molar-refractivity contribution in [1.29, 1.82) is 0 Å². The molecule has 0 atom stereocenters. The summed E-state index contributed by atoms with van der Waals surface area (Å²) < 4.78 is 0. The number of nitrogens with two attached hydrogens (primary N) is 1. The number of nitrogen functional groups attached to an aromatic ring is 1. The lowest BCUT2D eigenvalue weighted by Gasteiger charge is -2.05. The molecule has 0 unspecified atom stereocenters. The molecule has 3 aromatic rings. The zero-order chi connectivity index (χ0) is 16.1. The third-order valence-corrected chi connectivity index (χ3v) is 3.04. The van der Waals surface area contributed by atoms with Gasteiger partial charge >= 0.3 is 5.97 Å². The Bertz CT molecular complexity index is 816. The van der Waals surface area contributed by atoms with E-state index in [4.69, 9.17) is 10.8 Å². The van der Waals surface area contributed by atoms with Gasteiger partial charge in [0.05, 0.1) is 11.1 Å². The number of nitrogens with zero attached hydrogens (tertiary/aromatic N) is 2. The molecule has 3 rings (SSSR count). The highest BCUT2D eigenvalue weighted by Gasteiger charge is 2.06. The van der Waals surface area contributed by atoms with E-state index in [-0.39, 0.29) is 11.5 Å². The third-order valence-electron chi connectivity index (χ3n) is 3.04. The van der Waals surface area contributed by atoms with Crippen molar-refractivity contribution >= 4 is 22.8 Å². The Balaban J connectivity index is 0.000000847. The number of carbonyl (C=O) groups is 1. The molecule has 5 nitrogen and oxygen atoms in total. The molecule has 3 N–H and O–H groups in total. The molecule has 0 saturated heterocycles. The smallest absolute Gasteiger partial charge is 0.335 e. The molecular formula is C17H17N3O2. The minimum absolute atomic E-state index is 0.234. The van der Waals surface area contributed by atoms with Crippen molar-refractivity contribution in [2.75, 3.05) is 5.73 Å². The zero-order valence-corrected chi connectivity index (χ0v) is 12.4. The van der Waals surface area contributed by atoms with Crippen LogP contribution in [0.5, 0.6) is 0 Å². The number of aromatic nitrogens is 2. The predicted molar refractivity (Wildman–Crippen MR) is 87.7 cm³/mol. The SMILES string of the molecule is CC.Nc1ncc2cc(-c3cccc(C(=O)O)c3)ccc2n1. The summed E-state index contributed by atoms with van der Waals surface area (Å²) in [5.74, 6) is -0.707. The quantitative estimate of drug-likeness (QED) is 0.754. The largest absolute Gasteiger partial charge is 0.478 e. The zero-order valence-electron chi connectivity index (χ0n) is 12.4. The van der Waals surface area contributed by atoms with E-state index in [2.05, 4.69) is 9.97 Å². The van der Waals surface area contributed by atoms with Gasteiger partial charge in [-0.15, -0.1) is 0 Å². The van der Waals surface area contributed by atoms with Gasteiger partial charge in [0.2, 0.25) is 5.95 Å². The number of fused-ring (bicyclic) bond motifs is 1. The van der Waals surface area contributed by atoms with Gasteiger partial charge in [-0.05, 0) is 35.4 Å². The van der Waals surface area contributed by atoms with Gasteiger partial charge in [-0.2, -0.15) is 0 Å². The fourth-order valence-electron chi connectivity index (χ4n) is 2.06. The summed E-state index contributed by atoms with van der Waals surface area (Å²) in [6.07, 6.45) is 1.65. The van der Waals surface area contributed by atoms with Crippen molar-refractivity contribution in [2.45, 2.75) is 13.8 Å². The number of rotatable bonds is 2. The Hall–Kier alpha value is -2.95. The second kappa shape index (κ2) is 6.67. The van der Waals surface area contributed by atoms with Crippen molar-refractivity contribution < 1.29 is 9.90 Å². The lowest BCUT2D eigenvalue weighted by molar-refractivity contribution is 0.0697. The summed E-state index contributed by atoms with van der Waals surface area (Å²) in [5, 5.41) is 9.88. The molecule has 0 spiro atoms. The van der Waals surface area contributed by atoms with Crippen molar-refractivity contribution in [1.82, 2.24) is 9.97 Å². The number of carboxylic acid groups (broad SMARTS) is 1. The Morgan fingerprint density at radius 3 is 2.55 bits per heavy atom. The highest BCUT2D eigenvalue weighted by atomic mass is 16.4. The summed E-state index contributed by atoms with van der Waals surface area (Å²) in [6, 6.07) is 12.4. The molecule has 22 heavy (non-hydrogen) atoms. The fraction of sp³-hybridized carbons (Fsp3) is 0.118. The predicted octanol–water partition coefficient (Wildman–Crippen LogP) is 3.60. The van der Waals surface area contributed by atoms with E-state index in [0.717, 1.165) is 22.0 Å². The summed E-state index contributed by atoms with van der Waals surface area (Å²) >= 11 is 0. The summed E-state index contributed by atoms with van der Waals surface area (Å²) in [7, 11) is 0. The van der Waals surface area contributed by atoms with Crippen LogP contribution in [0.2, 0.25) is 0 Å². The number of aromatic carboxylic acids is 1. The molecule has 0 saturated carbocycles. The van der Waals surface area contributed by atoms with Crippen LogP contribution in [0.15, 0.2) is 48.7 Å². The number of benzene rings is 2. The Kier molecular flexibility index (Phi) is 4.68. The molecule has 0 fully saturated rings. The van der Waals surface area contributed by atoms with Gasteiger partial charge in [-0.3, -0.25) is 0 Å². The van der Waals surface area contributed by atoms with E-state index in [1.54, 1.807) is 24.4 Å². The standard InChI is InChI=1S/C15H11N3O2.C2H6/c16-15-17-8-12-7-10(4-5-13(12)18-15)9-2-1-3-11(6-9)14(19)20;1-2/h1-8H,(H,19,20)(H2,16,17,18);1-2H3. The van der Waals surface area contributed by atoms with Gasteiger partial charge in [0, 0.05) is 11.6 Å². The summed E-state index contributed by atoms with van der Waals surface area (Å²) in [4.78, 5) is 19.1. The minimum atomic E-state index is -0.941. The van der Waals surface area contributed by atoms with Crippen molar-refractivity contribution in [2.24, 2.45) is 0 Å². The lowest BCUT2D eigenvalue weighted by atomic mass is 10.0. The first-order valence-electron chi connectivity index (χ1n) is 6.99. The Morgan fingerprint density at radius 2 is 1.82 bits per heavy atom. The van der Waals surface area contributed by atoms with Crippen LogP contribution in [0.1, 0.15) is 24.2 Å². The molecule has 112 valence electrons. The molecule has 5 heteroatoms. The second-order valence-corrected chi connectivity index (χ2v) is 4.39. The van der Waals surface area contributed by atoms with Crippen LogP contribution in [0, 0.1) is 0 Å². The summed E-state index contributed by atoms with van der Waals surface area (Å²) in [6.45, 7) is 4.00. The summed E-state index contributed by atoms with van der Waals surface area (Å²) in [5.41, 5.74) is 8.31. The van der Waals surface area contributed by atoms with E-state index >= 15 is 0 Å². The highest BCUT2D eigenvalue weighted by molar-refractivity contribution is 5.90. The van der Waals surface area contributed by atoms with Crippen molar-refractivity contribution in [3.05, 3.63) is 54.2 Å². The van der Waals surface area contributed by atoms with E-state index in [9.17, 15) is 4.79 Å².